The minimum Gasteiger partial charge on any atom is -0.491 e. The number of aliphatic carboxylic acids is 1. The molecule has 0 amide bonds. The molecule has 39 heavy (non-hydrogen) atoms. The molecule has 10 nitrogen and oxygen atoms in total. The summed E-state index contributed by atoms with van der Waals surface area (Å²) in [5, 5.41) is 12.5. The predicted molar refractivity (Wildman–Crippen MR) is 139 cm³/mol. The fourth-order valence-corrected chi connectivity index (χ4v) is 4.69. The number of allylic oxidation sites excluding steroid dienone is 3. The van der Waals surface area contributed by atoms with E-state index in [1.165, 1.54) is 25.3 Å². The van der Waals surface area contributed by atoms with E-state index in [-0.39, 0.29) is 41.2 Å². The summed E-state index contributed by atoms with van der Waals surface area (Å²) in [6, 6.07) is 0.709. The molecule has 1 aromatic rings. The van der Waals surface area contributed by atoms with E-state index in [4.69, 9.17) is 31.5 Å². The molecule has 0 bridgehead atoms. The largest absolute Gasteiger partial charge is 0.491 e. The molecule has 216 valence electrons. The fraction of sp³-hybridized carbons (Fsp3) is 0.560. The van der Waals surface area contributed by atoms with Gasteiger partial charge in [-0.25, -0.2) is 0 Å². The van der Waals surface area contributed by atoms with E-state index in [0.29, 0.717) is 44.7 Å². The summed E-state index contributed by atoms with van der Waals surface area (Å²) in [4.78, 5) is 21.3. The van der Waals surface area contributed by atoms with Crippen molar-refractivity contribution in [3.63, 3.8) is 0 Å². The fourth-order valence-electron chi connectivity index (χ4n) is 4.59. The number of aromatic nitrogens is 2. The van der Waals surface area contributed by atoms with Gasteiger partial charge >= 0.3 is 12.1 Å². The maximum absolute atomic E-state index is 14.2. The Morgan fingerprint density at radius 3 is 2.64 bits per heavy atom. The standard InChI is InChI=1S/C25H33ClF3N5O5/c1-4-16(26)11-18(38-10-9-37-3)15(2)21(25(27,28)29)39-20-12-19(32-23(30)33-20)34-7-5-24(6-8-34)13-17(22(35)36)31-14-24/h4,11-12,17,21,31H,2,5-10,13-14H2,1,3H3,(H,35,36)(H2,30,32,33). The molecule has 2 saturated heterocycles. The molecule has 14 heteroatoms. The van der Waals surface area contributed by atoms with Crippen molar-refractivity contribution in [2.45, 2.75) is 44.5 Å². The van der Waals surface area contributed by atoms with Crippen LogP contribution in [0.2, 0.25) is 0 Å². The molecule has 3 heterocycles. The Hall–Kier alpha value is -3.03. The number of carboxylic acids is 1. The number of rotatable bonds is 11. The minimum absolute atomic E-state index is 0.0381. The van der Waals surface area contributed by atoms with Crippen molar-refractivity contribution < 1.29 is 37.3 Å². The Labute approximate surface area is 229 Å². The van der Waals surface area contributed by atoms with Crippen molar-refractivity contribution in [1.82, 2.24) is 15.3 Å². The molecule has 2 aliphatic heterocycles. The normalized spacial score (nSPS) is 20.7. The molecule has 0 aliphatic carbocycles. The number of anilines is 2. The molecule has 1 aromatic heterocycles. The smallest absolute Gasteiger partial charge is 0.429 e. The van der Waals surface area contributed by atoms with Gasteiger partial charge in [0, 0.05) is 43.4 Å². The first-order chi connectivity index (χ1) is 18.4. The van der Waals surface area contributed by atoms with Crippen LogP contribution in [0.4, 0.5) is 24.9 Å². The highest BCUT2D eigenvalue weighted by Gasteiger charge is 2.46. The number of piperidine rings is 1. The second-order valence-corrected chi connectivity index (χ2v) is 9.91. The zero-order valence-corrected chi connectivity index (χ0v) is 22.5. The molecule has 0 aromatic carbocycles. The first-order valence-corrected chi connectivity index (χ1v) is 12.7. The van der Waals surface area contributed by atoms with E-state index < -0.39 is 29.9 Å². The SMILES string of the molecule is C=C(C(=CC(Cl)=CC)OCCOC)C(Oc1cc(N2CCC3(CC2)CNC(C(=O)O)C3)nc(N)n1)C(F)(F)F. The average Bonchev–Trinajstić information content (AvgIpc) is 3.29. The molecular formula is C25H33ClF3N5O5. The summed E-state index contributed by atoms with van der Waals surface area (Å²) in [5.41, 5.74) is 5.16. The quantitative estimate of drug-likeness (QED) is 0.204. The summed E-state index contributed by atoms with van der Waals surface area (Å²) < 4.78 is 58.2. The molecule has 2 fully saturated rings. The van der Waals surface area contributed by atoms with Crippen LogP contribution >= 0.6 is 11.6 Å². The summed E-state index contributed by atoms with van der Waals surface area (Å²) in [6.45, 7) is 6.91. The van der Waals surface area contributed by atoms with Gasteiger partial charge in [-0.1, -0.05) is 24.3 Å². The molecule has 1 spiro atoms. The number of methoxy groups -OCH3 is 1. The van der Waals surface area contributed by atoms with Crippen LogP contribution in [-0.4, -0.2) is 79.3 Å². The molecule has 4 N–H and O–H groups in total. The third-order valence-electron chi connectivity index (χ3n) is 6.77. The highest BCUT2D eigenvalue weighted by Crippen LogP contribution is 2.41. The minimum atomic E-state index is -4.88. The summed E-state index contributed by atoms with van der Waals surface area (Å²) >= 11 is 6.03. The van der Waals surface area contributed by atoms with Crippen LogP contribution in [0.15, 0.2) is 41.2 Å². The van der Waals surface area contributed by atoms with Crippen LogP contribution in [0.1, 0.15) is 26.2 Å². The van der Waals surface area contributed by atoms with Crippen LogP contribution in [0.25, 0.3) is 0 Å². The zero-order chi connectivity index (χ0) is 28.8. The van der Waals surface area contributed by atoms with Crippen LogP contribution < -0.4 is 20.7 Å². The van der Waals surface area contributed by atoms with Gasteiger partial charge in [0.1, 0.15) is 24.2 Å². The zero-order valence-electron chi connectivity index (χ0n) is 21.8. The van der Waals surface area contributed by atoms with Crippen LogP contribution in [-0.2, 0) is 14.3 Å². The third kappa shape index (κ3) is 7.99. The monoisotopic (exact) mass is 575 g/mol. The van der Waals surface area contributed by atoms with Gasteiger partial charge in [-0.05, 0) is 37.7 Å². The van der Waals surface area contributed by atoms with Gasteiger partial charge < -0.3 is 35.3 Å². The van der Waals surface area contributed by atoms with Crippen molar-refractivity contribution >= 4 is 29.3 Å². The van der Waals surface area contributed by atoms with Crippen LogP contribution in [0.5, 0.6) is 5.88 Å². The molecule has 0 radical (unpaired) electrons. The number of hydrogen-bond donors (Lipinski definition) is 3. The molecule has 2 unspecified atom stereocenters. The van der Waals surface area contributed by atoms with E-state index in [1.807, 2.05) is 4.90 Å². The van der Waals surface area contributed by atoms with Crippen molar-refractivity contribution in [3.05, 3.63) is 41.2 Å². The van der Waals surface area contributed by atoms with Crippen LogP contribution in [0.3, 0.4) is 0 Å². The number of nitrogens with zero attached hydrogens (tertiary/aromatic N) is 3. The van der Waals surface area contributed by atoms with Crippen molar-refractivity contribution in [2.24, 2.45) is 5.41 Å². The van der Waals surface area contributed by atoms with E-state index >= 15 is 0 Å². The van der Waals surface area contributed by atoms with E-state index in [9.17, 15) is 23.1 Å². The van der Waals surface area contributed by atoms with E-state index in [2.05, 4.69) is 21.9 Å². The van der Waals surface area contributed by atoms with Gasteiger partial charge in [-0.3, -0.25) is 4.79 Å². The predicted octanol–water partition coefficient (Wildman–Crippen LogP) is 3.65. The topological polar surface area (TPSA) is 132 Å². The number of alkyl halides is 3. The summed E-state index contributed by atoms with van der Waals surface area (Å²) in [5.74, 6) is -1.43. The lowest BCUT2D eigenvalue weighted by atomic mass is 9.76. The lowest BCUT2D eigenvalue weighted by Gasteiger charge is -2.39. The Morgan fingerprint density at radius 1 is 1.38 bits per heavy atom. The number of halogens is 4. The number of nitrogens with two attached hydrogens (primary N) is 1. The van der Waals surface area contributed by atoms with Gasteiger partial charge in [0.05, 0.1) is 6.61 Å². The Bertz CT molecular complexity index is 1110. The highest BCUT2D eigenvalue weighted by atomic mass is 35.5. The van der Waals surface area contributed by atoms with Crippen LogP contribution in [0, 0.1) is 5.41 Å². The summed E-state index contributed by atoms with van der Waals surface area (Å²) in [6.07, 6.45) is -2.80. The first kappa shape index (κ1) is 30.5. The number of carbonyl (C=O) groups is 1. The second-order valence-electron chi connectivity index (χ2n) is 9.47. The molecule has 2 aliphatic rings. The lowest BCUT2D eigenvalue weighted by Crippen LogP contribution is -2.41. The Morgan fingerprint density at radius 2 is 2.08 bits per heavy atom. The number of nitrogen functional groups attached to an aromatic ring is 1. The van der Waals surface area contributed by atoms with Gasteiger partial charge in [0.2, 0.25) is 17.9 Å². The van der Waals surface area contributed by atoms with E-state index in [0.717, 1.165) is 0 Å². The van der Waals surface area contributed by atoms with Crippen molar-refractivity contribution in [1.29, 1.82) is 0 Å². The Balaban J connectivity index is 1.79. The molecule has 0 saturated carbocycles. The number of nitrogens with one attached hydrogen (secondary N) is 1. The average molecular weight is 576 g/mol. The number of ether oxygens (including phenoxy) is 3. The number of carboxylic acid groups (broad SMARTS) is 1. The number of hydrogen-bond acceptors (Lipinski definition) is 9. The van der Waals surface area contributed by atoms with Gasteiger partial charge in [0.25, 0.3) is 0 Å². The molecule has 3 rings (SSSR count). The highest BCUT2D eigenvalue weighted by molar-refractivity contribution is 6.31. The van der Waals surface area contributed by atoms with E-state index in [1.54, 1.807) is 6.92 Å². The Kier molecular flexibility index (Phi) is 10.1. The molecular weight excluding hydrogens is 543 g/mol. The lowest BCUT2D eigenvalue weighted by molar-refractivity contribution is -0.184. The maximum Gasteiger partial charge on any atom is 0.429 e. The third-order valence-corrected chi connectivity index (χ3v) is 7.10. The van der Waals surface area contributed by atoms with Gasteiger partial charge in [-0.15, -0.1) is 0 Å². The molecule has 2 atom stereocenters. The van der Waals surface area contributed by atoms with Crippen molar-refractivity contribution in [3.8, 4) is 5.88 Å². The summed E-state index contributed by atoms with van der Waals surface area (Å²) in [7, 11) is 1.43. The first-order valence-electron chi connectivity index (χ1n) is 12.3. The van der Waals surface area contributed by atoms with Crippen molar-refractivity contribution in [2.75, 3.05) is 50.6 Å². The maximum atomic E-state index is 14.2. The van der Waals surface area contributed by atoms with Gasteiger partial charge in [-0.2, -0.15) is 23.1 Å². The van der Waals surface area contributed by atoms with Gasteiger partial charge in [0.15, 0.2) is 0 Å². The second kappa shape index (κ2) is 12.9.